The first-order valence-electron chi connectivity index (χ1n) is 9.83. The summed E-state index contributed by atoms with van der Waals surface area (Å²) in [4.78, 5) is 11.9. The molecule has 1 aliphatic rings. The molecule has 0 aliphatic heterocycles. The van der Waals surface area contributed by atoms with Gasteiger partial charge >= 0.3 is 0 Å². The molecule has 0 heterocycles. The summed E-state index contributed by atoms with van der Waals surface area (Å²) in [7, 11) is 0. The smallest absolute Gasteiger partial charge is 0.254 e. The van der Waals surface area contributed by atoms with Gasteiger partial charge in [-0.05, 0) is 58.6 Å². The molecule has 1 fully saturated rings. The Bertz CT molecular complexity index is 854. The van der Waals surface area contributed by atoms with Crippen molar-refractivity contribution >= 4 is 39.7 Å². The van der Waals surface area contributed by atoms with Crippen LogP contribution < -0.4 is 15.5 Å². The Balaban J connectivity index is 1.45. The van der Waals surface area contributed by atoms with Gasteiger partial charge in [-0.2, -0.15) is 5.10 Å². The first kappa shape index (κ1) is 21.8. The Morgan fingerprint density at radius 3 is 2.76 bits per heavy atom. The third-order valence-electron chi connectivity index (χ3n) is 4.86. The zero-order valence-electron chi connectivity index (χ0n) is 16.2. The first-order chi connectivity index (χ1) is 14.1. The van der Waals surface area contributed by atoms with Crippen molar-refractivity contribution < 1.29 is 9.53 Å². The fraction of sp³-hybridized carbons (Fsp3) is 0.364. The standard InChI is InChI=1S/C22H25BrClN3O2/c23-19-12-16(10-11-21(19)29-15-17-6-4-5-9-20(17)24)13-26-27-22(28)14-25-18-7-2-1-3-8-18/h4-6,9-13,18,25H,1-3,7-8,14-15H2,(H,27,28)/b26-13-. The Labute approximate surface area is 185 Å². The van der Waals surface area contributed by atoms with Crippen molar-refractivity contribution in [2.45, 2.75) is 44.8 Å². The van der Waals surface area contributed by atoms with E-state index in [1.165, 1.54) is 19.3 Å². The molecule has 0 bridgehead atoms. The van der Waals surface area contributed by atoms with Crippen LogP contribution >= 0.6 is 27.5 Å². The van der Waals surface area contributed by atoms with E-state index in [1.807, 2.05) is 42.5 Å². The van der Waals surface area contributed by atoms with Gasteiger partial charge in [-0.15, -0.1) is 0 Å². The summed E-state index contributed by atoms with van der Waals surface area (Å²) < 4.78 is 6.64. The lowest BCUT2D eigenvalue weighted by Crippen LogP contribution is -2.38. The minimum atomic E-state index is -0.134. The Morgan fingerprint density at radius 2 is 2.00 bits per heavy atom. The van der Waals surface area contributed by atoms with Crippen LogP contribution in [0.3, 0.4) is 0 Å². The van der Waals surface area contributed by atoms with Crippen LogP contribution in [0.5, 0.6) is 5.75 Å². The molecule has 154 valence electrons. The van der Waals surface area contributed by atoms with Gasteiger partial charge in [0.1, 0.15) is 12.4 Å². The molecule has 3 rings (SSSR count). The average molecular weight is 479 g/mol. The van der Waals surface area contributed by atoms with E-state index < -0.39 is 0 Å². The van der Waals surface area contributed by atoms with Crippen molar-refractivity contribution in [3.63, 3.8) is 0 Å². The highest BCUT2D eigenvalue weighted by Gasteiger charge is 2.13. The third kappa shape index (κ3) is 7.14. The normalized spacial score (nSPS) is 14.8. The number of carbonyl (C=O) groups excluding carboxylic acids is 1. The summed E-state index contributed by atoms with van der Waals surface area (Å²) in [6.07, 6.45) is 7.69. The van der Waals surface area contributed by atoms with E-state index in [0.717, 1.165) is 28.4 Å². The summed E-state index contributed by atoms with van der Waals surface area (Å²) in [6, 6.07) is 13.7. The lowest BCUT2D eigenvalue weighted by molar-refractivity contribution is -0.120. The van der Waals surface area contributed by atoms with Crippen molar-refractivity contribution in [1.82, 2.24) is 10.7 Å². The van der Waals surface area contributed by atoms with Crippen LogP contribution in [0.4, 0.5) is 0 Å². The minimum Gasteiger partial charge on any atom is -0.488 e. The van der Waals surface area contributed by atoms with Crippen molar-refractivity contribution in [2.75, 3.05) is 6.54 Å². The Morgan fingerprint density at radius 1 is 1.21 bits per heavy atom. The van der Waals surface area contributed by atoms with Gasteiger partial charge in [0.25, 0.3) is 5.91 Å². The van der Waals surface area contributed by atoms with Crippen LogP contribution in [0.25, 0.3) is 0 Å². The fourth-order valence-corrected chi connectivity index (χ4v) is 3.95. The minimum absolute atomic E-state index is 0.134. The van der Waals surface area contributed by atoms with Gasteiger partial charge in [0.05, 0.1) is 17.2 Å². The van der Waals surface area contributed by atoms with E-state index in [-0.39, 0.29) is 5.91 Å². The number of halogens is 2. The Hall–Kier alpha value is -1.89. The van der Waals surface area contributed by atoms with Crippen LogP contribution in [0, 0.1) is 0 Å². The lowest BCUT2D eigenvalue weighted by atomic mass is 9.95. The van der Waals surface area contributed by atoms with Gasteiger partial charge in [0.15, 0.2) is 0 Å². The number of rotatable bonds is 8. The number of nitrogens with zero attached hydrogens (tertiary/aromatic N) is 1. The highest BCUT2D eigenvalue weighted by atomic mass is 79.9. The quantitative estimate of drug-likeness (QED) is 0.412. The maximum atomic E-state index is 11.9. The summed E-state index contributed by atoms with van der Waals surface area (Å²) in [5, 5.41) is 8.02. The molecule has 2 aromatic carbocycles. The van der Waals surface area contributed by atoms with Gasteiger partial charge in [0.2, 0.25) is 0 Å². The average Bonchev–Trinajstić information content (AvgIpc) is 2.73. The van der Waals surface area contributed by atoms with E-state index in [0.29, 0.717) is 30.0 Å². The number of hydrogen-bond acceptors (Lipinski definition) is 4. The zero-order valence-corrected chi connectivity index (χ0v) is 18.5. The van der Waals surface area contributed by atoms with Crippen LogP contribution in [-0.4, -0.2) is 24.7 Å². The number of nitrogens with one attached hydrogen (secondary N) is 2. The monoisotopic (exact) mass is 477 g/mol. The maximum Gasteiger partial charge on any atom is 0.254 e. The van der Waals surface area contributed by atoms with Gasteiger partial charge in [0, 0.05) is 16.6 Å². The predicted molar refractivity (Wildman–Crippen MR) is 121 cm³/mol. The second kappa shape index (κ2) is 11.3. The van der Waals surface area contributed by atoms with E-state index in [2.05, 4.69) is 31.8 Å². The molecule has 5 nitrogen and oxygen atoms in total. The highest BCUT2D eigenvalue weighted by Crippen LogP contribution is 2.27. The number of carbonyl (C=O) groups is 1. The number of hydrogen-bond donors (Lipinski definition) is 2. The van der Waals surface area contributed by atoms with Crippen LogP contribution in [-0.2, 0) is 11.4 Å². The number of hydrazone groups is 1. The van der Waals surface area contributed by atoms with Crippen molar-refractivity contribution in [2.24, 2.45) is 5.10 Å². The molecule has 2 aromatic rings. The molecule has 7 heteroatoms. The van der Waals surface area contributed by atoms with Gasteiger partial charge in [-0.3, -0.25) is 4.79 Å². The SMILES string of the molecule is O=C(CNC1CCCCC1)N/N=C\c1ccc(OCc2ccccc2Cl)c(Br)c1. The van der Waals surface area contributed by atoms with Gasteiger partial charge in [-0.25, -0.2) is 5.43 Å². The van der Waals surface area contributed by atoms with Crippen LogP contribution in [0.1, 0.15) is 43.2 Å². The number of amides is 1. The topological polar surface area (TPSA) is 62.7 Å². The lowest BCUT2D eigenvalue weighted by Gasteiger charge is -2.22. The molecule has 0 unspecified atom stereocenters. The van der Waals surface area contributed by atoms with Crippen molar-refractivity contribution in [1.29, 1.82) is 0 Å². The van der Waals surface area contributed by atoms with Crippen molar-refractivity contribution in [3.8, 4) is 5.75 Å². The van der Waals surface area contributed by atoms with E-state index in [4.69, 9.17) is 16.3 Å². The number of ether oxygens (including phenoxy) is 1. The summed E-state index contributed by atoms with van der Waals surface area (Å²) >= 11 is 9.67. The maximum absolute atomic E-state index is 11.9. The summed E-state index contributed by atoms with van der Waals surface area (Å²) in [5.74, 6) is 0.577. The largest absolute Gasteiger partial charge is 0.488 e. The van der Waals surface area contributed by atoms with Crippen molar-refractivity contribution in [3.05, 3.63) is 63.1 Å². The fourth-order valence-electron chi connectivity index (χ4n) is 3.25. The zero-order chi connectivity index (χ0) is 20.5. The molecule has 0 aromatic heterocycles. The molecule has 0 atom stereocenters. The number of benzene rings is 2. The predicted octanol–water partition coefficient (Wildman–Crippen LogP) is 5.05. The van der Waals surface area contributed by atoms with Gasteiger partial charge in [-0.1, -0.05) is 49.1 Å². The summed E-state index contributed by atoms with van der Waals surface area (Å²) in [6.45, 7) is 0.677. The van der Waals surface area contributed by atoms with E-state index >= 15 is 0 Å². The molecule has 0 saturated heterocycles. The molecule has 0 spiro atoms. The highest BCUT2D eigenvalue weighted by molar-refractivity contribution is 9.10. The first-order valence-corrected chi connectivity index (χ1v) is 11.0. The van der Waals surface area contributed by atoms with Crippen LogP contribution in [0.15, 0.2) is 52.0 Å². The van der Waals surface area contributed by atoms with E-state index in [9.17, 15) is 4.79 Å². The summed E-state index contributed by atoms with van der Waals surface area (Å²) in [5.41, 5.74) is 4.34. The second-order valence-electron chi connectivity index (χ2n) is 7.08. The molecule has 1 saturated carbocycles. The van der Waals surface area contributed by atoms with E-state index in [1.54, 1.807) is 6.21 Å². The Kier molecular flexibility index (Phi) is 8.52. The molecule has 1 aliphatic carbocycles. The van der Waals surface area contributed by atoms with Gasteiger partial charge < -0.3 is 10.1 Å². The van der Waals surface area contributed by atoms with Crippen LogP contribution in [0.2, 0.25) is 5.02 Å². The molecular formula is C22H25BrClN3O2. The molecule has 29 heavy (non-hydrogen) atoms. The molecule has 2 N–H and O–H groups in total. The third-order valence-corrected chi connectivity index (χ3v) is 5.84. The molecule has 1 amide bonds. The molecular weight excluding hydrogens is 454 g/mol. The second-order valence-corrected chi connectivity index (χ2v) is 8.34. The molecule has 0 radical (unpaired) electrons.